The number of halogens is 1. The molecule has 0 spiro atoms. The summed E-state index contributed by atoms with van der Waals surface area (Å²) in [5.74, 6) is 0. The van der Waals surface area contributed by atoms with Crippen molar-refractivity contribution in [1.82, 2.24) is 4.31 Å². The molecule has 0 saturated carbocycles. The average Bonchev–Trinajstić information content (AvgIpc) is 2.57. The molecule has 2 aromatic carbocycles. The molecule has 0 aromatic heterocycles. The third-order valence-electron chi connectivity index (χ3n) is 4.46. The molecule has 2 aromatic rings. The van der Waals surface area contributed by atoms with Crippen molar-refractivity contribution in [2.24, 2.45) is 0 Å². The SMILES string of the molecule is Cc1ccc(Cl)cc1N1CCN(S(=O)(=O)c2ccccc2C)CC1. The second-order valence-corrected chi connectivity index (χ2v) is 8.43. The summed E-state index contributed by atoms with van der Waals surface area (Å²) in [6, 6.07) is 13.0. The third kappa shape index (κ3) is 3.29. The number of piperazine rings is 1. The van der Waals surface area contributed by atoms with Crippen LogP contribution in [0.2, 0.25) is 5.02 Å². The molecule has 0 aliphatic carbocycles. The number of hydrogen-bond donors (Lipinski definition) is 0. The molecule has 0 bridgehead atoms. The van der Waals surface area contributed by atoms with Crippen molar-refractivity contribution in [2.75, 3.05) is 31.1 Å². The van der Waals surface area contributed by atoms with Gasteiger partial charge in [-0.2, -0.15) is 4.31 Å². The summed E-state index contributed by atoms with van der Waals surface area (Å²) < 4.78 is 27.3. The maximum absolute atomic E-state index is 12.9. The number of aryl methyl sites for hydroxylation is 2. The molecule has 1 fully saturated rings. The quantitative estimate of drug-likeness (QED) is 0.837. The van der Waals surface area contributed by atoms with E-state index in [1.165, 1.54) is 0 Å². The minimum absolute atomic E-state index is 0.400. The van der Waals surface area contributed by atoms with Crippen molar-refractivity contribution >= 4 is 27.3 Å². The fourth-order valence-electron chi connectivity index (χ4n) is 3.08. The summed E-state index contributed by atoms with van der Waals surface area (Å²) in [5.41, 5.74) is 3.01. The van der Waals surface area contributed by atoms with Gasteiger partial charge < -0.3 is 4.90 Å². The van der Waals surface area contributed by atoms with Gasteiger partial charge in [0.15, 0.2) is 0 Å². The smallest absolute Gasteiger partial charge is 0.243 e. The van der Waals surface area contributed by atoms with Gasteiger partial charge in [-0.3, -0.25) is 0 Å². The Morgan fingerprint density at radius 2 is 1.58 bits per heavy atom. The zero-order chi connectivity index (χ0) is 17.3. The topological polar surface area (TPSA) is 40.6 Å². The summed E-state index contributed by atoms with van der Waals surface area (Å²) in [4.78, 5) is 2.60. The highest BCUT2D eigenvalue weighted by Gasteiger charge is 2.29. The molecule has 3 rings (SSSR count). The molecule has 0 unspecified atom stereocenters. The summed E-state index contributed by atoms with van der Waals surface area (Å²) in [6.45, 7) is 6.14. The molecule has 6 heteroatoms. The van der Waals surface area contributed by atoms with E-state index < -0.39 is 10.0 Å². The Hall–Kier alpha value is -1.56. The van der Waals surface area contributed by atoms with Crippen LogP contribution in [-0.2, 0) is 10.0 Å². The van der Waals surface area contributed by atoms with Crippen LogP contribution < -0.4 is 4.90 Å². The lowest BCUT2D eigenvalue weighted by Gasteiger charge is -2.36. The predicted molar refractivity (Wildman–Crippen MR) is 98.3 cm³/mol. The Morgan fingerprint density at radius 3 is 2.25 bits per heavy atom. The monoisotopic (exact) mass is 364 g/mol. The fourth-order valence-corrected chi connectivity index (χ4v) is 4.89. The van der Waals surface area contributed by atoms with E-state index in [4.69, 9.17) is 11.6 Å². The van der Waals surface area contributed by atoms with Gasteiger partial charge in [-0.25, -0.2) is 8.42 Å². The molecule has 1 aliphatic heterocycles. The van der Waals surface area contributed by atoms with Crippen LogP contribution in [0.3, 0.4) is 0 Å². The van der Waals surface area contributed by atoms with Crippen molar-refractivity contribution in [3.8, 4) is 0 Å². The molecular formula is C18H21ClN2O2S. The van der Waals surface area contributed by atoms with Gasteiger partial charge in [0.25, 0.3) is 0 Å². The highest BCUT2D eigenvalue weighted by molar-refractivity contribution is 7.89. The van der Waals surface area contributed by atoms with E-state index >= 15 is 0 Å². The van der Waals surface area contributed by atoms with Crippen molar-refractivity contribution in [1.29, 1.82) is 0 Å². The van der Waals surface area contributed by atoms with E-state index in [9.17, 15) is 8.42 Å². The molecule has 4 nitrogen and oxygen atoms in total. The van der Waals surface area contributed by atoms with Crippen LogP contribution in [0.15, 0.2) is 47.4 Å². The Morgan fingerprint density at radius 1 is 0.917 bits per heavy atom. The molecule has 1 saturated heterocycles. The minimum atomic E-state index is -3.44. The lowest BCUT2D eigenvalue weighted by molar-refractivity contribution is 0.384. The van der Waals surface area contributed by atoms with Gasteiger partial charge in [0, 0.05) is 36.9 Å². The van der Waals surface area contributed by atoms with Gasteiger partial charge in [-0.15, -0.1) is 0 Å². The first-order valence-electron chi connectivity index (χ1n) is 7.96. The van der Waals surface area contributed by atoms with E-state index in [1.807, 2.05) is 44.2 Å². The van der Waals surface area contributed by atoms with Crippen molar-refractivity contribution in [3.05, 3.63) is 58.6 Å². The highest BCUT2D eigenvalue weighted by atomic mass is 35.5. The van der Waals surface area contributed by atoms with Crippen LogP contribution in [-0.4, -0.2) is 38.9 Å². The summed E-state index contributed by atoms with van der Waals surface area (Å²) in [5, 5.41) is 0.700. The number of anilines is 1. The number of sulfonamides is 1. The van der Waals surface area contributed by atoms with E-state index in [0.717, 1.165) is 16.8 Å². The van der Waals surface area contributed by atoms with Gasteiger partial charge in [0.1, 0.15) is 0 Å². The van der Waals surface area contributed by atoms with Crippen molar-refractivity contribution < 1.29 is 8.42 Å². The molecule has 0 radical (unpaired) electrons. The first-order chi connectivity index (χ1) is 11.4. The zero-order valence-corrected chi connectivity index (χ0v) is 15.4. The molecule has 0 atom stereocenters. The van der Waals surface area contributed by atoms with Crippen LogP contribution in [0.4, 0.5) is 5.69 Å². The number of rotatable bonds is 3. The number of benzene rings is 2. The summed E-state index contributed by atoms with van der Waals surface area (Å²) in [6.07, 6.45) is 0. The minimum Gasteiger partial charge on any atom is -0.369 e. The number of nitrogens with zero attached hydrogens (tertiary/aromatic N) is 2. The molecule has 1 aliphatic rings. The molecule has 0 N–H and O–H groups in total. The van der Waals surface area contributed by atoms with Gasteiger partial charge in [0.05, 0.1) is 4.90 Å². The van der Waals surface area contributed by atoms with Crippen LogP contribution in [0.25, 0.3) is 0 Å². The van der Waals surface area contributed by atoms with Crippen LogP contribution in [0, 0.1) is 13.8 Å². The van der Waals surface area contributed by atoms with Gasteiger partial charge in [-0.05, 0) is 43.2 Å². The Balaban J connectivity index is 1.78. The third-order valence-corrected chi connectivity index (χ3v) is 6.76. The van der Waals surface area contributed by atoms with Crippen molar-refractivity contribution in [2.45, 2.75) is 18.7 Å². The zero-order valence-electron chi connectivity index (χ0n) is 13.9. The molecule has 1 heterocycles. The first-order valence-corrected chi connectivity index (χ1v) is 9.78. The summed E-state index contributed by atoms with van der Waals surface area (Å²) >= 11 is 6.10. The molecule has 0 amide bonds. The molecular weight excluding hydrogens is 344 g/mol. The van der Waals surface area contributed by atoms with E-state index in [0.29, 0.717) is 36.1 Å². The second-order valence-electron chi connectivity index (χ2n) is 6.09. The average molecular weight is 365 g/mol. The van der Waals surface area contributed by atoms with Gasteiger partial charge in [0.2, 0.25) is 10.0 Å². The lowest BCUT2D eigenvalue weighted by Crippen LogP contribution is -2.49. The summed E-state index contributed by atoms with van der Waals surface area (Å²) in [7, 11) is -3.44. The first kappa shape index (κ1) is 17.3. The van der Waals surface area contributed by atoms with Crippen LogP contribution in [0.5, 0.6) is 0 Å². The molecule has 24 heavy (non-hydrogen) atoms. The highest BCUT2D eigenvalue weighted by Crippen LogP contribution is 2.27. The Labute approximate surface area is 148 Å². The van der Waals surface area contributed by atoms with E-state index in [-0.39, 0.29) is 0 Å². The standard InChI is InChI=1S/C18H21ClN2O2S/c1-14-7-8-16(19)13-17(14)20-9-11-21(12-10-20)24(22,23)18-6-4-3-5-15(18)2/h3-8,13H,9-12H2,1-2H3. The van der Waals surface area contributed by atoms with Crippen LogP contribution in [0.1, 0.15) is 11.1 Å². The van der Waals surface area contributed by atoms with Crippen LogP contribution >= 0.6 is 11.6 Å². The van der Waals surface area contributed by atoms with Gasteiger partial charge >= 0.3 is 0 Å². The predicted octanol–water partition coefficient (Wildman–Crippen LogP) is 3.47. The van der Waals surface area contributed by atoms with Crippen molar-refractivity contribution in [3.63, 3.8) is 0 Å². The number of hydrogen-bond acceptors (Lipinski definition) is 3. The maximum atomic E-state index is 12.9. The second kappa shape index (κ2) is 6.75. The lowest BCUT2D eigenvalue weighted by atomic mass is 10.1. The van der Waals surface area contributed by atoms with Gasteiger partial charge in [-0.1, -0.05) is 35.9 Å². The molecule has 128 valence electrons. The van der Waals surface area contributed by atoms with E-state index in [2.05, 4.69) is 4.90 Å². The fraction of sp³-hybridized carbons (Fsp3) is 0.333. The normalized spacial score (nSPS) is 16.4. The Bertz CT molecular complexity index is 844. The largest absolute Gasteiger partial charge is 0.369 e. The maximum Gasteiger partial charge on any atom is 0.243 e. The Kier molecular flexibility index (Phi) is 4.85. The van der Waals surface area contributed by atoms with E-state index in [1.54, 1.807) is 16.4 Å².